The van der Waals surface area contributed by atoms with Gasteiger partial charge in [0.15, 0.2) is 5.69 Å². The van der Waals surface area contributed by atoms with Crippen molar-refractivity contribution in [3.8, 4) is 5.69 Å². The van der Waals surface area contributed by atoms with E-state index in [1.807, 2.05) is 24.3 Å². The quantitative estimate of drug-likeness (QED) is 0.908. The fourth-order valence-corrected chi connectivity index (χ4v) is 1.45. The van der Waals surface area contributed by atoms with Crippen molar-refractivity contribution in [2.45, 2.75) is 0 Å². The molecule has 1 heterocycles. The fraction of sp³-hybridized carbons (Fsp3) is 0. The van der Waals surface area contributed by atoms with Crippen molar-refractivity contribution < 1.29 is 9.90 Å². The van der Waals surface area contributed by atoms with Crippen LogP contribution in [0.25, 0.3) is 5.69 Å². The molecule has 0 aliphatic rings. The second kappa shape index (κ2) is 3.86. The Labute approximate surface area is 94.3 Å². The van der Waals surface area contributed by atoms with Crippen molar-refractivity contribution >= 4 is 21.9 Å². The summed E-state index contributed by atoms with van der Waals surface area (Å²) in [6, 6.07) is 7.51. The molecule has 0 aliphatic carbocycles. The molecule has 0 bridgehead atoms. The molecule has 2 aromatic rings. The molecule has 0 fully saturated rings. The van der Waals surface area contributed by atoms with E-state index >= 15 is 0 Å². The number of hydrogen-bond acceptors (Lipinski definition) is 2. The fourth-order valence-electron chi connectivity index (χ4n) is 1.19. The van der Waals surface area contributed by atoms with Crippen molar-refractivity contribution in [2.75, 3.05) is 0 Å². The van der Waals surface area contributed by atoms with Gasteiger partial charge in [0.25, 0.3) is 0 Å². The number of carbonyl (C=O) groups is 1. The Hall–Kier alpha value is -1.62. The first kappa shape index (κ1) is 9.92. The van der Waals surface area contributed by atoms with Crippen LogP contribution >= 0.6 is 15.9 Å². The molecule has 0 spiro atoms. The molecule has 1 aromatic heterocycles. The van der Waals surface area contributed by atoms with Gasteiger partial charge in [0.05, 0.1) is 0 Å². The van der Waals surface area contributed by atoms with Crippen LogP contribution in [0.3, 0.4) is 0 Å². The van der Waals surface area contributed by atoms with Crippen molar-refractivity contribution in [2.24, 2.45) is 0 Å². The van der Waals surface area contributed by atoms with Crippen molar-refractivity contribution in [1.29, 1.82) is 0 Å². The number of aromatic carboxylic acids is 1. The Kier molecular flexibility index (Phi) is 2.55. The van der Waals surface area contributed by atoms with Gasteiger partial charge < -0.3 is 9.67 Å². The number of hydrogen-bond donors (Lipinski definition) is 1. The van der Waals surface area contributed by atoms with E-state index in [2.05, 4.69) is 20.9 Å². The highest BCUT2D eigenvalue weighted by atomic mass is 79.9. The summed E-state index contributed by atoms with van der Waals surface area (Å²) < 4.78 is 2.64. The Morgan fingerprint density at radius 3 is 2.53 bits per heavy atom. The van der Waals surface area contributed by atoms with Crippen LogP contribution < -0.4 is 0 Å². The van der Waals surface area contributed by atoms with Gasteiger partial charge in [-0.05, 0) is 24.3 Å². The van der Waals surface area contributed by atoms with Crippen molar-refractivity contribution in [3.63, 3.8) is 0 Å². The van der Waals surface area contributed by atoms with Crippen LogP contribution in [0.2, 0.25) is 0 Å². The highest BCUT2D eigenvalue weighted by Gasteiger charge is 2.06. The molecule has 15 heavy (non-hydrogen) atoms. The van der Waals surface area contributed by atoms with E-state index < -0.39 is 5.97 Å². The number of benzene rings is 1. The molecule has 5 heteroatoms. The first-order valence-corrected chi connectivity index (χ1v) is 4.99. The SMILES string of the molecule is O=C(O)c1cn(-c2ccc(Br)cc2)cn1. The smallest absolute Gasteiger partial charge is 0.356 e. The minimum absolute atomic E-state index is 0.0397. The summed E-state index contributed by atoms with van der Waals surface area (Å²) >= 11 is 3.33. The van der Waals surface area contributed by atoms with Crippen LogP contribution in [0, 0.1) is 0 Å². The molecule has 0 saturated carbocycles. The Morgan fingerprint density at radius 2 is 2.00 bits per heavy atom. The minimum Gasteiger partial charge on any atom is -0.476 e. The molecule has 76 valence electrons. The lowest BCUT2D eigenvalue weighted by Gasteiger charge is -2.00. The second-order valence-electron chi connectivity index (χ2n) is 2.95. The largest absolute Gasteiger partial charge is 0.476 e. The van der Waals surface area contributed by atoms with E-state index in [1.54, 1.807) is 4.57 Å². The van der Waals surface area contributed by atoms with Gasteiger partial charge in [0, 0.05) is 16.4 Å². The maximum absolute atomic E-state index is 10.6. The van der Waals surface area contributed by atoms with E-state index in [-0.39, 0.29) is 5.69 Å². The van der Waals surface area contributed by atoms with Gasteiger partial charge in [-0.2, -0.15) is 0 Å². The number of rotatable bonds is 2. The van der Waals surface area contributed by atoms with Crippen LogP contribution in [-0.2, 0) is 0 Å². The molecule has 0 aliphatic heterocycles. The molecule has 2 rings (SSSR count). The van der Waals surface area contributed by atoms with E-state index in [1.165, 1.54) is 12.5 Å². The summed E-state index contributed by atoms with van der Waals surface area (Å²) in [4.78, 5) is 14.4. The zero-order chi connectivity index (χ0) is 10.8. The van der Waals surface area contributed by atoms with Gasteiger partial charge in [-0.15, -0.1) is 0 Å². The number of imidazole rings is 1. The average Bonchev–Trinajstić information content (AvgIpc) is 2.68. The van der Waals surface area contributed by atoms with E-state index in [9.17, 15) is 4.79 Å². The lowest BCUT2D eigenvalue weighted by atomic mass is 10.3. The van der Waals surface area contributed by atoms with Crippen LogP contribution in [0.5, 0.6) is 0 Å². The monoisotopic (exact) mass is 266 g/mol. The second-order valence-corrected chi connectivity index (χ2v) is 3.86. The highest BCUT2D eigenvalue weighted by molar-refractivity contribution is 9.10. The summed E-state index contributed by atoms with van der Waals surface area (Å²) in [5, 5.41) is 8.71. The normalized spacial score (nSPS) is 10.2. The maximum Gasteiger partial charge on any atom is 0.356 e. The molecule has 4 nitrogen and oxygen atoms in total. The summed E-state index contributed by atoms with van der Waals surface area (Å²) in [7, 11) is 0. The molecular weight excluding hydrogens is 260 g/mol. The summed E-state index contributed by atoms with van der Waals surface area (Å²) in [6.45, 7) is 0. The molecule has 1 N–H and O–H groups in total. The number of aromatic nitrogens is 2. The number of halogens is 1. The number of carboxylic acid groups (broad SMARTS) is 1. The van der Waals surface area contributed by atoms with Gasteiger partial charge in [-0.25, -0.2) is 9.78 Å². The third-order valence-corrected chi connectivity index (χ3v) is 2.46. The van der Waals surface area contributed by atoms with E-state index in [4.69, 9.17) is 5.11 Å². The molecule has 0 unspecified atom stereocenters. The Bertz CT molecular complexity index is 490. The third-order valence-electron chi connectivity index (χ3n) is 1.93. The standard InChI is InChI=1S/C10H7BrN2O2/c11-7-1-3-8(4-2-7)13-5-9(10(14)15)12-6-13/h1-6H,(H,14,15). The molecule has 0 amide bonds. The minimum atomic E-state index is -1.02. The van der Waals surface area contributed by atoms with Gasteiger partial charge in [0.2, 0.25) is 0 Å². The molecule has 0 saturated heterocycles. The lowest BCUT2D eigenvalue weighted by molar-refractivity contribution is 0.0691. The molecule has 1 aromatic carbocycles. The first-order valence-electron chi connectivity index (χ1n) is 4.20. The zero-order valence-corrected chi connectivity index (χ0v) is 9.18. The first-order chi connectivity index (χ1) is 7.16. The van der Waals surface area contributed by atoms with Gasteiger partial charge in [-0.3, -0.25) is 0 Å². The zero-order valence-electron chi connectivity index (χ0n) is 7.59. The van der Waals surface area contributed by atoms with Crippen LogP contribution in [0.15, 0.2) is 41.3 Å². The van der Waals surface area contributed by atoms with Crippen LogP contribution in [-0.4, -0.2) is 20.6 Å². The molecule has 0 radical (unpaired) electrons. The van der Waals surface area contributed by atoms with Crippen molar-refractivity contribution in [1.82, 2.24) is 9.55 Å². The predicted molar refractivity (Wildman–Crippen MR) is 58.2 cm³/mol. The van der Waals surface area contributed by atoms with E-state index in [0.717, 1.165) is 10.2 Å². The maximum atomic E-state index is 10.6. The van der Waals surface area contributed by atoms with E-state index in [0.29, 0.717) is 0 Å². The highest BCUT2D eigenvalue weighted by Crippen LogP contribution is 2.14. The van der Waals surface area contributed by atoms with Gasteiger partial charge in [-0.1, -0.05) is 15.9 Å². The van der Waals surface area contributed by atoms with Gasteiger partial charge in [0.1, 0.15) is 6.33 Å². The van der Waals surface area contributed by atoms with Gasteiger partial charge >= 0.3 is 5.97 Å². The van der Waals surface area contributed by atoms with Crippen LogP contribution in [0.4, 0.5) is 0 Å². The summed E-state index contributed by atoms with van der Waals surface area (Å²) in [5.74, 6) is -1.02. The summed E-state index contributed by atoms with van der Waals surface area (Å²) in [5.41, 5.74) is 0.913. The lowest BCUT2D eigenvalue weighted by Crippen LogP contribution is -1.95. The third kappa shape index (κ3) is 2.07. The summed E-state index contributed by atoms with van der Waals surface area (Å²) in [6.07, 6.45) is 2.96. The van der Waals surface area contributed by atoms with Crippen molar-refractivity contribution in [3.05, 3.63) is 47.0 Å². The Balaban J connectivity index is 2.37. The number of carboxylic acids is 1. The average molecular weight is 267 g/mol. The predicted octanol–water partition coefficient (Wildman–Crippen LogP) is 2.33. The topological polar surface area (TPSA) is 55.1 Å². The molecule has 0 atom stereocenters. The van der Waals surface area contributed by atoms with Crippen LogP contribution in [0.1, 0.15) is 10.5 Å². The Morgan fingerprint density at radius 1 is 1.33 bits per heavy atom. The number of nitrogens with zero attached hydrogens (tertiary/aromatic N) is 2. The molecular formula is C10H7BrN2O2.